The Labute approximate surface area is 168 Å². The molecule has 5 nitrogen and oxygen atoms in total. The first-order valence-electron chi connectivity index (χ1n) is 8.94. The lowest BCUT2D eigenvalue weighted by atomic mass is 10.1. The fourth-order valence-electron chi connectivity index (χ4n) is 3.13. The standard InChI is InChI=1S/C22H21ClN2O3/c1-4-28-20-8-6-5-7-19(20)24-22(27)21(26)18-13-14(2)25(15(18)3)17-11-9-16(23)10-12-17/h5-13H,4H2,1-3H3,(H,24,27). The van der Waals surface area contributed by atoms with Crippen LogP contribution in [0.1, 0.15) is 28.7 Å². The second kappa shape index (κ2) is 8.31. The number of hydrogen-bond donors (Lipinski definition) is 1. The summed E-state index contributed by atoms with van der Waals surface area (Å²) < 4.78 is 7.42. The van der Waals surface area contributed by atoms with Crippen LogP contribution in [0.3, 0.4) is 0 Å². The van der Waals surface area contributed by atoms with Gasteiger partial charge in [-0.2, -0.15) is 0 Å². The van der Waals surface area contributed by atoms with Gasteiger partial charge in [0.15, 0.2) is 0 Å². The first-order valence-corrected chi connectivity index (χ1v) is 9.32. The van der Waals surface area contributed by atoms with Crippen molar-refractivity contribution in [2.24, 2.45) is 0 Å². The lowest BCUT2D eigenvalue weighted by Gasteiger charge is -2.11. The molecule has 0 radical (unpaired) electrons. The van der Waals surface area contributed by atoms with Crippen molar-refractivity contribution in [2.75, 3.05) is 11.9 Å². The van der Waals surface area contributed by atoms with Crippen LogP contribution in [0.4, 0.5) is 5.69 Å². The van der Waals surface area contributed by atoms with Crippen LogP contribution in [0.5, 0.6) is 5.75 Å². The van der Waals surface area contributed by atoms with E-state index in [-0.39, 0.29) is 0 Å². The van der Waals surface area contributed by atoms with Crippen molar-refractivity contribution in [3.63, 3.8) is 0 Å². The van der Waals surface area contributed by atoms with Crippen molar-refractivity contribution >= 4 is 29.0 Å². The third kappa shape index (κ3) is 3.94. The lowest BCUT2D eigenvalue weighted by molar-refractivity contribution is -0.112. The van der Waals surface area contributed by atoms with Crippen molar-refractivity contribution in [3.05, 3.63) is 76.6 Å². The summed E-state index contributed by atoms with van der Waals surface area (Å²) in [6, 6.07) is 16.1. The van der Waals surface area contributed by atoms with Gasteiger partial charge in [-0.15, -0.1) is 0 Å². The quantitative estimate of drug-likeness (QED) is 0.472. The highest BCUT2D eigenvalue weighted by Crippen LogP contribution is 2.25. The summed E-state index contributed by atoms with van der Waals surface area (Å²) in [6.45, 7) is 6.02. The number of amides is 1. The number of ether oxygens (including phenoxy) is 1. The molecule has 1 N–H and O–H groups in total. The highest BCUT2D eigenvalue weighted by atomic mass is 35.5. The lowest BCUT2D eigenvalue weighted by Crippen LogP contribution is -2.23. The number of benzene rings is 2. The molecule has 3 aromatic rings. The summed E-state index contributed by atoms with van der Waals surface area (Å²) in [6.07, 6.45) is 0. The number of anilines is 1. The molecule has 0 spiro atoms. The van der Waals surface area contributed by atoms with Gasteiger partial charge in [0, 0.05) is 27.7 Å². The highest BCUT2D eigenvalue weighted by molar-refractivity contribution is 6.47. The van der Waals surface area contributed by atoms with E-state index < -0.39 is 11.7 Å². The molecule has 0 saturated carbocycles. The molecule has 6 heteroatoms. The van der Waals surface area contributed by atoms with Gasteiger partial charge in [-0.3, -0.25) is 9.59 Å². The molecule has 1 amide bonds. The van der Waals surface area contributed by atoms with Crippen LogP contribution in [0.15, 0.2) is 54.6 Å². The van der Waals surface area contributed by atoms with Crippen molar-refractivity contribution < 1.29 is 14.3 Å². The fraction of sp³-hybridized carbons (Fsp3) is 0.182. The van der Waals surface area contributed by atoms with Gasteiger partial charge in [0.2, 0.25) is 0 Å². The number of halogens is 1. The Morgan fingerprint density at radius 1 is 1.07 bits per heavy atom. The summed E-state index contributed by atoms with van der Waals surface area (Å²) in [5.41, 5.74) is 3.25. The molecule has 0 aliphatic heterocycles. The Morgan fingerprint density at radius 3 is 2.43 bits per heavy atom. The number of Topliss-reactive ketones (excluding diaryl/α,β-unsaturated/α-hetero) is 1. The zero-order chi connectivity index (χ0) is 20.3. The summed E-state index contributed by atoms with van der Waals surface area (Å²) >= 11 is 5.96. The number of carbonyl (C=O) groups is 2. The number of hydrogen-bond acceptors (Lipinski definition) is 3. The molecule has 3 rings (SSSR count). The SMILES string of the molecule is CCOc1ccccc1NC(=O)C(=O)c1cc(C)n(-c2ccc(Cl)cc2)c1C. The number of para-hydroxylation sites is 2. The van der Waals surface area contributed by atoms with E-state index in [1.807, 2.05) is 43.5 Å². The summed E-state index contributed by atoms with van der Waals surface area (Å²) in [5, 5.41) is 3.29. The van der Waals surface area contributed by atoms with Gasteiger partial charge in [-0.05, 0) is 63.2 Å². The molecule has 0 unspecified atom stereocenters. The van der Waals surface area contributed by atoms with Crippen LogP contribution >= 0.6 is 11.6 Å². The number of aromatic nitrogens is 1. The van der Waals surface area contributed by atoms with Crippen molar-refractivity contribution in [1.82, 2.24) is 4.57 Å². The van der Waals surface area contributed by atoms with Gasteiger partial charge in [0.25, 0.3) is 11.7 Å². The van der Waals surface area contributed by atoms with E-state index in [0.717, 1.165) is 11.4 Å². The molecule has 144 valence electrons. The van der Waals surface area contributed by atoms with Crippen LogP contribution in [0.25, 0.3) is 5.69 Å². The van der Waals surface area contributed by atoms with Crippen LogP contribution in [-0.2, 0) is 4.79 Å². The largest absolute Gasteiger partial charge is 0.492 e. The van der Waals surface area contributed by atoms with E-state index in [0.29, 0.717) is 34.3 Å². The van der Waals surface area contributed by atoms with Crippen LogP contribution in [0.2, 0.25) is 5.02 Å². The van der Waals surface area contributed by atoms with Gasteiger partial charge in [0.1, 0.15) is 5.75 Å². The average molecular weight is 397 g/mol. The maximum absolute atomic E-state index is 12.8. The van der Waals surface area contributed by atoms with Gasteiger partial charge >= 0.3 is 0 Å². The van der Waals surface area contributed by atoms with Gasteiger partial charge in [-0.1, -0.05) is 23.7 Å². The molecule has 0 aliphatic rings. The molecule has 2 aromatic carbocycles. The van der Waals surface area contributed by atoms with Crippen LogP contribution in [0, 0.1) is 13.8 Å². The topological polar surface area (TPSA) is 60.3 Å². The van der Waals surface area contributed by atoms with E-state index in [2.05, 4.69) is 5.32 Å². The first kappa shape index (κ1) is 19.7. The molecule has 0 bridgehead atoms. The second-order valence-electron chi connectivity index (χ2n) is 6.31. The Kier molecular flexibility index (Phi) is 5.85. The number of carbonyl (C=O) groups excluding carboxylic acids is 2. The third-order valence-electron chi connectivity index (χ3n) is 4.40. The molecule has 0 aliphatic carbocycles. The maximum Gasteiger partial charge on any atom is 0.296 e. The summed E-state index contributed by atoms with van der Waals surface area (Å²) in [5.74, 6) is -0.777. The zero-order valence-corrected chi connectivity index (χ0v) is 16.7. The predicted molar refractivity (Wildman–Crippen MR) is 111 cm³/mol. The van der Waals surface area contributed by atoms with Gasteiger partial charge in [0.05, 0.1) is 12.3 Å². The van der Waals surface area contributed by atoms with E-state index in [1.165, 1.54) is 0 Å². The Balaban J connectivity index is 1.88. The minimum atomic E-state index is -0.705. The summed E-state index contributed by atoms with van der Waals surface area (Å²) in [4.78, 5) is 25.4. The Hall–Kier alpha value is -3.05. The van der Waals surface area contributed by atoms with Crippen LogP contribution < -0.4 is 10.1 Å². The molecule has 0 atom stereocenters. The first-order chi connectivity index (χ1) is 13.4. The molecule has 1 aromatic heterocycles. The van der Waals surface area contributed by atoms with Gasteiger partial charge < -0.3 is 14.6 Å². The molecular weight excluding hydrogens is 376 g/mol. The maximum atomic E-state index is 12.8. The minimum absolute atomic E-state index is 0.360. The van der Waals surface area contributed by atoms with E-state index in [9.17, 15) is 9.59 Å². The molecule has 0 saturated heterocycles. The number of nitrogens with one attached hydrogen (secondary N) is 1. The van der Waals surface area contributed by atoms with Crippen LogP contribution in [-0.4, -0.2) is 22.9 Å². The zero-order valence-electron chi connectivity index (χ0n) is 16.0. The molecule has 0 fully saturated rings. The van der Waals surface area contributed by atoms with E-state index >= 15 is 0 Å². The Morgan fingerprint density at radius 2 is 1.75 bits per heavy atom. The second-order valence-corrected chi connectivity index (χ2v) is 6.75. The third-order valence-corrected chi connectivity index (χ3v) is 4.65. The highest BCUT2D eigenvalue weighted by Gasteiger charge is 2.23. The molecule has 1 heterocycles. The summed E-state index contributed by atoms with van der Waals surface area (Å²) in [7, 11) is 0. The van der Waals surface area contributed by atoms with E-state index in [4.69, 9.17) is 16.3 Å². The van der Waals surface area contributed by atoms with Gasteiger partial charge in [-0.25, -0.2) is 0 Å². The smallest absolute Gasteiger partial charge is 0.296 e. The number of ketones is 1. The van der Waals surface area contributed by atoms with Crippen molar-refractivity contribution in [3.8, 4) is 11.4 Å². The average Bonchev–Trinajstić information content (AvgIpc) is 2.98. The number of rotatable bonds is 6. The number of aryl methyl sites for hydroxylation is 1. The Bertz CT molecular complexity index is 1020. The predicted octanol–water partition coefficient (Wildman–Crippen LogP) is 4.97. The molecular formula is C22H21ClN2O3. The minimum Gasteiger partial charge on any atom is -0.492 e. The van der Waals surface area contributed by atoms with E-state index in [1.54, 1.807) is 36.4 Å². The fourth-order valence-corrected chi connectivity index (χ4v) is 3.26. The molecule has 28 heavy (non-hydrogen) atoms. The van der Waals surface area contributed by atoms with Crippen molar-refractivity contribution in [2.45, 2.75) is 20.8 Å². The monoisotopic (exact) mass is 396 g/mol. The normalized spacial score (nSPS) is 10.6. The number of nitrogens with zero attached hydrogens (tertiary/aromatic N) is 1. The van der Waals surface area contributed by atoms with Crippen molar-refractivity contribution in [1.29, 1.82) is 0 Å².